The Bertz CT molecular complexity index is 901. The van der Waals surface area contributed by atoms with E-state index in [1.807, 2.05) is 33.8 Å². The number of aryl methyl sites for hydroxylation is 1. The molecule has 0 unspecified atom stereocenters. The molecule has 1 fully saturated rings. The molecule has 2 aromatic heterocycles. The maximum Gasteiger partial charge on any atom is 0.410 e. The van der Waals surface area contributed by atoms with Crippen LogP contribution in [0.1, 0.15) is 39.3 Å². The van der Waals surface area contributed by atoms with Crippen LogP contribution in [0.15, 0.2) is 18.3 Å². The van der Waals surface area contributed by atoms with Crippen molar-refractivity contribution >= 4 is 23.7 Å². The molecule has 0 radical (unpaired) electrons. The molecule has 1 amide bonds. The topological polar surface area (TPSA) is 123 Å². The second-order valence-electron chi connectivity index (χ2n) is 8.65. The number of nitrogens with zero attached hydrogens (tertiary/aromatic N) is 5. The van der Waals surface area contributed by atoms with Gasteiger partial charge in [0.1, 0.15) is 17.2 Å². The molecule has 0 saturated carbocycles. The third-order valence-electron chi connectivity index (χ3n) is 5.16. The van der Waals surface area contributed by atoms with Crippen LogP contribution in [0, 0.1) is 6.92 Å². The van der Waals surface area contributed by atoms with E-state index < -0.39 is 5.60 Å². The van der Waals surface area contributed by atoms with Gasteiger partial charge in [-0.3, -0.25) is 0 Å². The molecule has 1 aliphatic rings. The monoisotopic (exact) mass is 413 g/mol. The van der Waals surface area contributed by atoms with E-state index in [0.29, 0.717) is 5.82 Å². The lowest BCUT2D eigenvalue weighted by atomic mass is 10.0. The lowest BCUT2D eigenvalue weighted by Crippen LogP contribution is -2.47. The minimum absolute atomic E-state index is 0.109. The summed E-state index contributed by atoms with van der Waals surface area (Å²) in [6, 6.07) is 3.78. The van der Waals surface area contributed by atoms with Crippen LogP contribution in [-0.2, 0) is 4.74 Å². The fourth-order valence-corrected chi connectivity index (χ4v) is 3.65. The largest absolute Gasteiger partial charge is 0.444 e. The van der Waals surface area contributed by atoms with Gasteiger partial charge >= 0.3 is 6.09 Å². The Hall–Kier alpha value is -3.10. The summed E-state index contributed by atoms with van der Waals surface area (Å²) in [6.45, 7) is 9.01. The second kappa shape index (κ2) is 8.33. The van der Waals surface area contributed by atoms with Gasteiger partial charge in [0.25, 0.3) is 0 Å². The maximum atomic E-state index is 12.4. The van der Waals surface area contributed by atoms with E-state index in [1.165, 1.54) is 0 Å². The van der Waals surface area contributed by atoms with Crippen molar-refractivity contribution < 1.29 is 9.53 Å². The number of ether oxygens (including phenoxy) is 1. The summed E-state index contributed by atoms with van der Waals surface area (Å²) in [4.78, 5) is 29.4. The molecule has 0 spiro atoms. The van der Waals surface area contributed by atoms with Gasteiger partial charge in [0.15, 0.2) is 0 Å². The van der Waals surface area contributed by atoms with Gasteiger partial charge < -0.3 is 26.0 Å². The Morgan fingerprint density at radius 3 is 2.43 bits per heavy atom. The maximum absolute atomic E-state index is 12.4. The van der Waals surface area contributed by atoms with Gasteiger partial charge in [0.05, 0.1) is 5.69 Å². The molecule has 3 heterocycles. The number of pyridine rings is 1. The lowest BCUT2D eigenvalue weighted by molar-refractivity contribution is 0.0201. The number of amides is 1. The van der Waals surface area contributed by atoms with Crippen LogP contribution < -0.4 is 16.4 Å². The standard InChI is InChI=1S/C21H31N7O2/c1-13-17(14-6-7-16(22)24-12-14)18(26-19(23)25-13)28-10-8-15(9-11-28)27(5)20(29)30-21(2,3)4/h6-7,12,15H,8-11H2,1-5H3,(H2,22,24)(H2,23,25,26). The van der Waals surface area contributed by atoms with Gasteiger partial charge in [-0.25, -0.2) is 14.8 Å². The fraction of sp³-hybridized carbons (Fsp3) is 0.524. The third kappa shape index (κ3) is 4.90. The van der Waals surface area contributed by atoms with Gasteiger partial charge in [0.2, 0.25) is 5.95 Å². The van der Waals surface area contributed by atoms with Gasteiger partial charge in [0, 0.05) is 43.5 Å². The van der Waals surface area contributed by atoms with Gasteiger partial charge in [-0.2, -0.15) is 4.98 Å². The van der Waals surface area contributed by atoms with Crippen LogP contribution in [0.3, 0.4) is 0 Å². The van der Waals surface area contributed by atoms with E-state index in [1.54, 1.807) is 24.2 Å². The molecule has 1 aliphatic heterocycles. The van der Waals surface area contributed by atoms with Crippen molar-refractivity contribution in [2.24, 2.45) is 0 Å². The first kappa shape index (κ1) is 21.6. The normalized spacial score (nSPS) is 15.2. The number of carbonyl (C=O) groups excluding carboxylic acids is 1. The Morgan fingerprint density at radius 2 is 1.87 bits per heavy atom. The van der Waals surface area contributed by atoms with E-state index in [9.17, 15) is 4.79 Å². The van der Waals surface area contributed by atoms with Gasteiger partial charge in [-0.05, 0) is 52.7 Å². The molecule has 1 saturated heterocycles. The molecule has 0 bridgehead atoms. The fourth-order valence-electron chi connectivity index (χ4n) is 3.65. The summed E-state index contributed by atoms with van der Waals surface area (Å²) in [5.41, 5.74) is 13.8. The van der Waals surface area contributed by atoms with Crippen LogP contribution in [0.4, 0.5) is 22.4 Å². The van der Waals surface area contributed by atoms with Crippen LogP contribution in [-0.4, -0.2) is 57.7 Å². The highest BCUT2D eigenvalue weighted by Crippen LogP contribution is 2.34. The van der Waals surface area contributed by atoms with Gasteiger partial charge in [-0.15, -0.1) is 0 Å². The molecular weight excluding hydrogens is 382 g/mol. The van der Waals surface area contributed by atoms with Crippen molar-refractivity contribution in [1.82, 2.24) is 19.9 Å². The molecule has 0 atom stereocenters. The highest BCUT2D eigenvalue weighted by molar-refractivity contribution is 5.78. The number of anilines is 3. The summed E-state index contributed by atoms with van der Waals surface area (Å²) in [7, 11) is 1.80. The Labute approximate surface area is 177 Å². The zero-order chi connectivity index (χ0) is 22.1. The van der Waals surface area contributed by atoms with Crippen LogP contribution >= 0.6 is 0 Å². The number of carbonyl (C=O) groups is 1. The smallest absolute Gasteiger partial charge is 0.410 e. The van der Waals surface area contributed by atoms with E-state index in [0.717, 1.165) is 48.6 Å². The Kier molecular flexibility index (Phi) is 6.00. The van der Waals surface area contributed by atoms with Crippen molar-refractivity contribution in [2.75, 3.05) is 36.5 Å². The minimum Gasteiger partial charge on any atom is -0.444 e. The van der Waals surface area contributed by atoms with Gasteiger partial charge in [-0.1, -0.05) is 0 Å². The molecule has 30 heavy (non-hydrogen) atoms. The predicted molar refractivity (Wildman–Crippen MR) is 118 cm³/mol. The number of hydrogen-bond acceptors (Lipinski definition) is 8. The zero-order valence-electron chi connectivity index (χ0n) is 18.3. The molecule has 4 N–H and O–H groups in total. The van der Waals surface area contributed by atoms with Crippen LogP contribution in [0.2, 0.25) is 0 Å². The summed E-state index contributed by atoms with van der Waals surface area (Å²) < 4.78 is 5.50. The van der Waals surface area contributed by atoms with Crippen molar-refractivity contribution in [1.29, 1.82) is 0 Å². The van der Waals surface area contributed by atoms with E-state index in [-0.39, 0.29) is 18.1 Å². The predicted octanol–water partition coefficient (Wildman–Crippen LogP) is 2.85. The SMILES string of the molecule is Cc1nc(N)nc(N2CCC(N(C)C(=O)OC(C)(C)C)CC2)c1-c1ccc(N)nc1. The minimum atomic E-state index is -0.510. The van der Waals surface area contributed by atoms with E-state index in [2.05, 4.69) is 19.9 Å². The first-order chi connectivity index (χ1) is 14.0. The molecule has 9 nitrogen and oxygen atoms in total. The summed E-state index contributed by atoms with van der Waals surface area (Å²) >= 11 is 0. The number of nitrogen functional groups attached to an aromatic ring is 2. The highest BCUT2D eigenvalue weighted by Gasteiger charge is 2.30. The molecule has 3 rings (SSSR count). The summed E-state index contributed by atoms with van der Waals surface area (Å²) in [5.74, 6) is 1.48. The number of nitrogens with two attached hydrogens (primary N) is 2. The zero-order valence-corrected chi connectivity index (χ0v) is 18.3. The number of aromatic nitrogens is 3. The Morgan fingerprint density at radius 1 is 1.20 bits per heavy atom. The number of hydrogen-bond donors (Lipinski definition) is 2. The highest BCUT2D eigenvalue weighted by atomic mass is 16.6. The first-order valence-electron chi connectivity index (χ1n) is 10.1. The summed E-state index contributed by atoms with van der Waals surface area (Å²) in [5, 5.41) is 0. The quantitative estimate of drug-likeness (QED) is 0.787. The van der Waals surface area contributed by atoms with Crippen molar-refractivity contribution in [3.63, 3.8) is 0 Å². The van der Waals surface area contributed by atoms with Crippen LogP contribution in [0.5, 0.6) is 0 Å². The average molecular weight is 414 g/mol. The second-order valence-corrected chi connectivity index (χ2v) is 8.65. The molecule has 9 heteroatoms. The van der Waals surface area contributed by atoms with Crippen LogP contribution in [0.25, 0.3) is 11.1 Å². The lowest BCUT2D eigenvalue weighted by Gasteiger charge is -2.38. The molecular formula is C21H31N7O2. The van der Waals surface area contributed by atoms with Crippen molar-refractivity contribution in [3.8, 4) is 11.1 Å². The summed E-state index contributed by atoms with van der Waals surface area (Å²) in [6.07, 6.45) is 3.04. The van der Waals surface area contributed by atoms with Crippen molar-refractivity contribution in [3.05, 3.63) is 24.0 Å². The van der Waals surface area contributed by atoms with Crippen molar-refractivity contribution in [2.45, 2.75) is 52.2 Å². The number of piperidine rings is 1. The molecule has 2 aromatic rings. The Balaban J connectivity index is 1.79. The average Bonchev–Trinajstić information content (AvgIpc) is 2.66. The van der Waals surface area contributed by atoms with E-state index in [4.69, 9.17) is 16.2 Å². The molecule has 162 valence electrons. The number of rotatable bonds is 3. The first-order valence-corrected chi connectivity index (χ1v) is 10.1. The molecule has 0 aromatic carbocycles. The van der Waals surface area contributed by atoms with E-state index >= 15 is 0 Å². The molecule has 0 aliphatic carbocycles. The third-order valence-corrected chi connectivity index (χ3v) is 5.16.